The van der Waals surface area contributed by atoms with Gasteiger partial charge in [-0.25, -0.2) is 0 Å². The molecule has 0 bridgehead atoms. The average Bonchev–Trinajstić information content (AvgIpc) is 3.36. The van der Waals surface area contributed by atoms with Gasteiger partial charge in [0.25, 0.3) is 0 Å². The minimum absolute atomic E-state index is 0.163. The molecule has 2 aliphatic rings. The van der Waals surface area contributed by atoms with Crippen molar-refractivity contribution in [1.29, 1.82) is 0 Å². The van der Waals surface area contributed by atoms with Crippen molar-refractivity contribution in [3.8, 4) is 28.4 Å². The second-order valence-electron chi connectivity index (χ2n) is 10.4. The van der Waals surface area contributed by atoms with Gasteiger partial charge in [0.15, 0.2) is 0 Å². The third kappa shape index (κ3) is 5.61. The van der Waals surface area contributed by atoms with Crippen LogP contribution in [0.25, 0.3) is 16.8 Å². The number of anilines is 2. The van der Waals surface area contributed by atoms with Crippen molar-refractivity contribution in [2.45, 2.75) is 25.9 Å². The van der Waals surface area contributed by atoms with E-state index in [1.54, 1.807) is 45.6 Å². The fraction of sp³-hybridized carbons (Fsp3) is 0.206. The van der Waals surface area contributed by atoms with Crippen LogP contribution < -0.4 is 24.4 Å². The zero-order valence-corrected chi connectivity index (χ0v) is 24.6. The van der Waals surface area contributed by atoms with E-state index in [9.17, 15) is 4.79 Å². The molecule has 2 heterocycles. The summed E-state index contributed by atoms with van der Waals surface area (Å²) in [5.74, 6) is 2.44. The van der Waals surface area contributed by atoms with Crippen LogP contribution in [0.5, 0.6) is 17.2 Å². The Balaban J connectivity index is 0.000000321. The lowest BCUT2D eigenvalue weighted by Crippen LogP contribution is -2.33. The average molecular weight is 569 g/mol. The highest BCUT2D eigenvalue weighted by molar-refractivity contribution is 6.30. The number of para-hydroxylation sites is 2. The van der Waals surface area contributed by atoms with Crippen LogP contribution in [0.1, 0.15) is 35.3 Å². The predicted molar refractivity (Wildman–Crippen MR) is 167 cm³/mol. The maximum absolute atomic E-state index is 10.1. The van der Waals surface area contributed by atoms with E-state index in [4.69, 9.17) is 25.8 Å². The van der Waals surface area contributed by atoms with Crippen molar-refractivity contribution in [3.05, 3.63) is 107 Å². The highest BCUT2D eigenvalue weighted by Gasteiger charge is 2.37. The molecule has 0 unspecified atom stereocenters. The molecular weight excluding hydrogens is 536 g/mol. The standard InChI is InChI=1S/C27H28N2O3.C7H5ClO/c1-27(2)15-23-26-20(16-29(23)22-8-6-7-9-24(22)31-4)18(12-13-21(26)28-27)19-11-10-17(30-3)14-25(19)32-5;8-7-3-1-2-6(4-7)5-9/h6-15,28H,16H2,1-5H3;1-5H. The normalized spacial score (nSPS) is 14.1. The number of carbonyl (C=O) groups is 1. The molecule has 0 aliphatic carbocycles. The van der Waals surface area contributed by atoms with Gasteiger partial charge in [-0.1, -0.05) is 41.9 Å². The Kier molecular flexibility index (Phi) is 7.95. The Morgan fingerprint density at radius 3 is 2.29 bits per heavy atom. The molecule has 41 heavy (non-hydrogen) atoms. The molecule has 0 saturated carbocycles. The number of methoxy groups -OCH3 is 3. The van der Waals surface area contributed by atoms with Crippen molar-refractivity contribution >= 4 is 35.0 Å². The van der Waals surface area contributed by atoms with Crippen LogP contribution in [0.2, 0.25) is 5.02 Å². The molecule has 2 aliphatic heterocycles. The fourth-order valence-corrected chi connectivity index (χ4v) is 5.58. The Bertz CT molecular complexity index is 1630. The number of halogens is 1. The molecule has 210 valence electrons. The van der Waals surface area contributed by atoms with Crippen LogP contribution in [-0.2, 0) is 6.54 Å². The summed E-state index contributed by atoms with van der Waals surface area (Å²) < 4.78 is 16.8. The van der Waals surface area contributed by atoms with Gasteiger partial charge in [0.1, 0.15) is 23.5 Å². The molecule has 0 amide bonds. The van der Waals surface area contributed by atoms with Gasteiger partial charge in [-0.05, 0) is 73.5 Å². The molecule has 7 heteroatoms. The van der Waals surface area contributed by atoms with Crippen LogP contribution >= 0.6 is 11.6 Å². The number of ether oxygens (including phenoxy) is 3. The summed E-state index contributed by atoms with van der Waals surface area (Å²) in [6.07, 6.45) is 3.08. The number of aldehydes is 1. The lowest BCUT2D eigenvalue weighted by molar-refractivity contribution is 0.112. The minimum atomic E-state index is -0.163. The Hall–Kier alpha value is -4.42. The molecule has 0 saturated heterocycles. The molecular formula is C34H33ClN2O4. The SMILES string of the molecule is COc1ccc(-c2ccc3c4c2CN(c2ccccc2OC)C4=CC(C)(C)N3)c(OC)c1.O=Cc1cccc(Cl)c1. The number of hydrogen-bond donors (Lipinski definition) is 1. The zero-order valence-electron chi connectivity index (χ0n) is 23.8. The first kappa shape index (κ1) is 28.1. The Morgan fingerprint density at radius 2 is 1.61 bits per heavy atom. The molecule has 1 N–H and O–H groups in total. The molecule has 4 aromatic rings. The fourth-order valence-electron chi connectivity index (χ4n) is 5.38. The Morgan fingerprint density at radius 1 is 0.854 bits per heavy atom. The monoisotopic (exact) mass is 568 g/mol. The van der Waals surface area contributed by atoms with Gasteiger partial charge in [0.05, 0.1) is 32.6 Å². The third-order valence-corrected chi connectivity index (χ3v) is 7.43. The van der Waals surface area contributed by atoms with Crippen molar-refractivity contribution < 1.29 is 19.0 Å². The maximum atomic E-state index is 10.1. The van der Waals surface area contributed by atoms with Crippen LogP contribution in [0, 0.1) is 0 Å². The van der Waals surface area contributed by atoms with E-state index in [-0.39, 0.29) is 5.54 Å². The van der Waals surface area contributed by atoms with E-state index >= 15 is 0 Å². The summed E-state index contributed by atoms with van der Waals surface area (Å²) in [5, 5.41) is 4.28. The Labute approximate surface area is 246 Å². The lowest BCUT2D eigenvalue weighted by Gasteiger charge is -2.33. The minimum Gasteiger partial charge on any atom is -0.497 e. The summed E-state index contributed by atoms with van der Waals surface area (Å²) in [4.78, 5) is 12.5. The molecule has 0 fully saturated rings. The van der Waals surface area contributed by atoms with E-state index in [1.807, 2.05) is 24.3 Å². The molecule has 6 rings (SSSR count). The van der Waals surface area contributed by atoms with Gasteiger partial charge in [-0.3, -0.25) is 4.79 Å². The topological polar surface area (TPSA) is 60.0 Å². The van der Waals surface area contributed by atoms with Crippen molar-refractivity contribution in [3.63, 3.8) is 0 Å². The van der Waals surface area contributed by atoms with Crippen LogP contribution in [0.4, 0.5) is 11.4 Å². The lowest BCUT2D eigenvalue weighted by atomic mass is 9.89. The summed E-state index contributed by atoms with van der Waals surface area (Å²) in [7, 11) is 5.09. The van der Waals surface area contributed by atoms with Crippen LogP contribution in [0.3, 0.4) is 0 Å². The van der Waals surface area contributed by atoms with Gasteiger partial charge in [0.2, 0.25) is 0 Å². The number of nitrogens with one attached hydrogen (secondary N) is 1. The van der Waals surface area contributed by atoms with E-state index in [0.717, 1.165) is 52.6 Å². The summed E-state index contributed by atoms with van der Waals surface area (Å²) in [6.45, 7) is 5.14. The second-order valence-corrected chi connectivity index (χ2v) is 10.8. The van der Waals surface area contributed by atoms with Crippen molar-refractivity contribution in [2.24, 2.45) is 0 Å². The number of carbonyl (C=O) groups excluding carboxylic acids is 1. The van der Waals surface area contributed by atoms with Gasteiger partial charge in [-0.2, -0.15) is 0 Å². The summed E-state index contributed by atoms with van der Waals surface area (Å²) in [5.41, 5.74) is 8.59. The number of nitrogens with zero attached hydrogens (tertiary/aromatic N) is 1. The first-order valence-corrected chi connectivity index (χ1v) is 13.7. The molecule has 0 spiro atoms. The molecule has 0 radical (unpaired) electrons. The van der Waals surface area contributed by atoms with E-state index in [0.29, 0.717) is 10.6 Å². The van der Waals surface area contributed by atoms with Crippen LogP contribution in [-0.4, -0.2) is 33.2 Å². The number of benzene rings is 4. The first-order chi connectivity index (χ1) is 19.8. The quantitative estimate of drug-likeness (QED) is 0.237. The highest BCUT2D eigenvalue weighted by Crippen LogP contribution is 2.51. The predicted octanol–water partition coefficient (Wildman–Crippen LogP) is 8.10. The molecule has 0 atom stereocenters. The zero-order chi connectivity index (χ0) is 29.1. The van der Waals surface area contributed by atoms with Gasteiger partial charge in [0, 0.05) is 45.7 Å². The smallest absolute Gasteiger partial charge is 0.150 e. The molecule has 4 aromatic carbocycles. The maximum Gasteiger partial charge on any atom is 0.150 e. The van der Waals surface area contributed by atoms with Gasteiger partial charge in [-0.15, -0.1) is 0 Å². The first-order valence-electron chi connectivity index (χ1n) is 13.3. The number of rotatable bonds is 6. The summed E-state index contributed by atoms with van der Waals surface area (Å²) in [6, 6.07) is 25.4. The van der Waals surface area contributed by atoms with Gasteiger partial charge >= 0.3 is 0 Å². The van der Waals surface area contributed by atoms with Crippen molar-refractivity contribution in [1.82, 2.24) is 0 Å². The highest BCUT2D eigenvalue weighted by atomic mass is 35.5. The second kappa shape index (κ2) is 11.6. The van der Waals surface area contributed by atoms with E-state index < -0.39 is 0 Å². The number of hydrogen-bond acceptors (Lipinski definition) is 6. The van der Waals surface area contributed by atoms with Crippen LogP contribution in [0.15, 0.2) is 84.9 Å². The summed E-state index contributed by atoms with van der Waals surface area (Å²) >= 11 is 5.56. The van der Waals surface area contributed by atoms with E-state index in [2.05, 4.69) is 60.5 Å². The van der Waals surface area contributed by atoms with Crippen molar-refractivity contribution in [2.75, 3.05) is 31.5 Å². The molecule has 0 aromatic heterocycles. The third-order valence-electron chi connectivity index (χ3n) is 7.19. The largest absolute Gasteiger partial charge is 0.497 e. The molecule has 6 nitrogen and oxygen atoms in total. The van der Waals surface area contributed by atoms with E-state index in [1.165, 1.54) is 16.8 Å². The van der Waals surface area contributed by atoms with Gasteiger partial charge < -0.3 is 24.4 Å².